The third-order valence-electron chi connectivity index (χ3n) is 4.10. The molecule has 0 amide bonds. The molecule has 0 aromatic carbocycles. The lowest BCUT2D eigenvalue weighted by atomic mass is 10.1. The van der Waals surface area contributed by atoms with Crippen LogP contribution in [0.25, 0.3) is 0 Å². The fraction of sp³-hybridized carbons (Fsp3) is 0.900. The lowest BCUT2D eigenvalue weighted by Crippen LogP contribution is -2.16. The maximum Gasteiger partial charge on any atom is 0.518 e. The standard InChI is InChI=1S/C20H38O5/c1-3-5-7-9-11-13-15-17-23-19(21)25-20(22)24-18-16-14-12-10-8-6-4-2/h3-18H2,1-2H3. The Balaban J connectivity index is 3.34. The van der Waals surface area contributed by atoms with Crippen molar-refractivity contribution in [2.75, 3.05) is 13.2 Å². The summed E-state index contributed by atoms with van der Waals surface area (Å²) in [4.78, 5) is 22.6. The quantitative estimate of drug-likeness (QED) is 0.173. The van der Waals surface area contributed by atoms with Gasteiger partial charge in [-0.2, -0.15) is 0 Å². The van der Waals surface area contributed by atoms with Crippen LogP contribution in [0.4, 0.5) is 9.59 Å². The molecular weight excluding hydrogens is 320 g/mol. The van der Waals surface area contributed by atoms with Crippen LogP contribution >= 0.6 is 0 Å². The maximum absolute atomic E-state index is 11.3. The Morgan fingerprint density at radius 1 is 0.520 bits per heavy atom. The minimum atomic E-state index is -0.962. The SMILES string of the molecule is CCCCCCCCCOC(=O)OC(=O)OCCCCCCCCC. The number of ether oxygens (including phenoxy) is 3. The second-order valence-corrected chi connectivity index (χ2v) is 6.54. The summed E-state index contributed by atoms with van der Waals surface area (Å²) in [5.74, 6) is 0. The van der Waals surface area contributed by atoms with Gasteiger partial charge in [-0.25, -0.2) is 9.59 Å². The van der Waals surface area contributed by atoms with E-state index < -0.39 is 12.3 Å². The number of hydrogen-bond acceptors (Lipinski definition) is 5. The summed E-state index contributed by atoms with van der Waals surface area (Å²) >= 11 is 0. The Labute approximate surface area is 153 Å². The van der Waals surface area contributed by atoms with Crippen molar-refractivity contribution in [3.05, 3.63) is 0 Å². The number of hydrogen-bond donors (Lipinski definition) is 0. The largest absolute Gasteiger partial charge is 0.518 e. The summed E-state index contributed by atoms with van der Waals surface area (Å²) in [7, 11) is 0. The fourth-order valence-electron chi connectivity index (χ4n) is 2.56. The zero-order valence-corrected chi connectivity index (χ0v) is 16.4. The summed E-state index contributed by atoms with van der Waals surface area (Å²) in [6.45, 7) is 4.97. The van der Waals surface area contributed by atoms with Gasteiger partial charge in [0, 0.05) is 0 Å². The highest BCUT2D eigenvalue weighted by Crippen LogP contribution is 2.08. The van der Waals surface area contributed by atoms with Crippen molar-refractivity contribution < 1.29 is 23.8 Å². The van der Waals surface area contributed by atoms with Crippen LogP contribution in [0, 0.1) is 0 Å². The molecule has 5 nitrogen and oxygen atoms in total. The average Bonchev–Trinajstić information content (AvgIpc) is 2.59. The van der Waals surface area contributed by atoms with E-state index in [9.17, 15) is 9.59 Å². The average molecular weight is 359 g/mol. The number of unbranched alkanes of at least 4 members (excludes halogenated alkanes) is 12. The Kier molecular flexibility index (Phi) is 18.1. The van der Waals surface area contributed by atoms with E-state index in [-0.39, 0.29) is 13.2 Å². The zero-order chi connectivity index (χ0) is 18.6. The number of carbonyl (C=O) groups is 2. The van der Waals surface area contributed by atoms with Crippen LogP contribution in [-0.2, 0) is 14.2 Å². The Hall–Kier alpha value is -1.26. The third kappa shape index (κ3) is 18.9. The van der Waals surface area contributed by atoms with Crippen LogP contribution in [0.3, 0.4) is 0 Å². The molecule has 0 spiro atoms. The van der Waals surface area contributed by atoms with E-state index in [0.29, 0.717) is 0 Å². The van der Waals surface area contributed by atoms with Crippen LogP contribution < -0.4 is 0 Å². The van der Waals surface area contributed by atoms with Crippen LogP contribution in [0.15, 0.2) is 0 Å². The molecule has 0 saturated carbocycles. The molecule has 0 saturated heterocycles. The van der Waals surface area contributed by atoms with E-state index in [4.69, 9.17) is 9.47 Å². The smallest absolute Gasteiger partial charge is 0.434 e. The first kappa shape index (κ1) is 23.7. The normalized spacial score (nSPS) is 10.5. The molecule has 0 aromatic rings. The first-order valence-electron chi connectivity index (χ1n) is 10.2. The van der Waals surface area contributed by atoms with E-state index >= 15 is 0 Å². The first-order chi connectivity index (χ1) is 12.2. The summed E-state index contributed by atoms with van der Waals surface area (Å²) in [6, 6.07) is 0. The molecule has 148 valence electrons. The molecule has 0 unspecified atom stereocenters. The van der Waals surface area contributed by atoms with Crippen molar-refractivity contribution in [1.82, 2.24) is 0 Å². The third-order valence-corrected chi connectivity index (χ3v) is 4.10. The van der Waals surface area contributed by atoms with Crippen molar-refractivity contribution in [3.63, 3.8) is 0 Å². The second kappa shape index (κ2) is 19.1. The van der Waals surface area contributed by atoms with Gasteiger partial charge < -0.3 is 14.2 Å². The molecule has 0 aliphatic heterocycles. The molecule has 0 bridgehead atoms. The monoisotopic (exact) mass is 358 g/mol. The molecule has 0 aliphatic carbocycles. The second-order valence-electron chi connectivity index (χ2n) is 6.54. The topological polar surface area (TPSA) is 61.8 Å². The highest BCUT2D eigenvalue weighted by atomic mass is 16.8. The van der Waals surface area contributed by atoms with Gasteiger partial charge in [0.2, 0.25) is 0 Å². The van der Waals surface area contributed by atoms with E-state index in [1.165, 1.54) is 51.4 Å². The minimum Gasteiger partial charge on any atom is -0.434 e. The predicted molar refractivity (Wildman–Crippen MR) is 99.8 cm³/mol. The molecule has 25 heavy (non-hydrogen) atoms. The Morgan fingerprint density at radius 2 is 0.840 bits per heavy atom. The fourth-order valence-corrected chi connectivity index (χ4v) is 2.56. The van der Waals surface area contributed by atoms with Gasteiger partial charge in [0.05, 0.1) is 13.2 Å². The van der Waals surface area contributed by atoms with Gasteiger partial charge in [-0.3, -0.25) is 0 Å². The van der Waals surface area contributed by atoms with Gasteiger partial charge in [0.1, 0.15) is 0 Å². The first-order valence-corrected chi connectivity index (χ1v) is 10.2. The van der Waals surface area contributed by atoms with Crippen LogP contribution in [0.5, 0.6) is 0 Å². The van der Waals surface area contributed by atoms with Crippen molar-refractivity contribution in [2.24, 2.45) is 0 Å². The van der Waals surface area contributed by atoms with Crippen molar-refractivity contribution >= 4 is 12.3 Å². The van der Waals surface area contributed by atoms with E-state index in [2.05, 4.69) is 18.6 Å². The predicted octanol–water partition coefficient (Wildman–Crippen LogP) is 6.78. The Bertz CT molecular complexity index is 287. The lowest BCUT2D eigenvalue weighted by Gasteiger charge is -2.06. The summed E-state index contributed by atoms with van der Waals surface area (Å²) in [5.41, 5.74) is 0. The molecule has 0 radical (unpaired) electrons. The molecule has 0 heterocycles. The van der Waals surface area contributed by atoms with Crippen molar-refractivity contribution in [3.8, 4) is 0 Å². The van der Waals surface area contributed by atoms with Crippen molar-refractivity contribution in [1.29, 1.82) is 0 Å². The summed E-state index contributed by atoms with van der Waals surface area (Å²) in [6.07, 6.45) is 14.1. The summed E-state index contributed by atoms with van der Waals surface area (Å²) in [5, 5.41) is 0. The van der Waals surface area contributed by atoms with E-state index in [0.717, 1.165) is 38.5 Å². The molecule has 0 atom stereocenters. The minimum absolute atomic E-state index is 0.289. The number of rotatable bonds is 16. The molecule has 0 aliphatic rings. The van der Waals surface area contributed by atoms with Gasteiger partial charge in [-0.05, 0) is 12.8 Å². The highest BCUT2D eigenvalue weighted by Gasteiger charge is 2.12. The van der Waals surface area contributed by atoms with E-state index in [1.807, 2.05) is 0 Å². The van der Waals surface area contributed by atoms with Gasteiger partial charge in [-0.1, -0.05) is 90.9 Å². The van der Waals surface area contributed by atoms with Gasteiger partial charge in [0.25, 0.3) is 0 Å². The maximum atomic E-state index is 11.3. The van der Waals surface area contributed by atoms with Crippen molar-refractivity contribution in [2.45, 2.75) is 104 Å². The lowest BCUT2D eigenvalue weighted by molar-refractivity contribution is 0.0353. The zero-order valence-electron chi connectivity index (χ0n) is 16.4. The molecule has 0 rings (SSSR count). The highest BCUT2D eigenvalue weighted by molar-refractivity contribution is 5.76. The van der Waals surface area contributed by atoms with Gasteiger partial charge in [-0.15, -0.1) is 0 Å². The van der Waals surface area contributed by atoms with Crippen LogP contribution in [0.1, 0.15) is 104 Å². The molecule has 0 aromatic heterocycles. The molecule has 0 N–H and O–H groups in total. The van der Waals surface area contributed by atoms with E-state index in [1.54, 1.807) is 0 Å². The van der Waals surface area contributed by atoms with Crippen LogP contribution in [0.2, 0.25) is 0 Å². The molecule has 5 heteroatoms. The summed E-state index contributed by atoms with van der Waals surface area (Å²) < 4.78 is 14.2. The Morgan fingerprint density at radius 3 is 1.20 bits per heavy atom. The molecular formula is C20H38O5. The van der Waals surface area contributed by atoms with Crippen LogP contribution in [-0.4, -0.2) is 25.5 Å². The number of carbonyl (C=O) groups excluding carboxylic acids is 2. The van der Waals surface area contributed by atoms with Gasteiger partial charge >= 0.3 is 12.3 Å². The molecule has 0 fully saturated rings. The van der Waals surface area contributed by atoms with Gasteiger partial charge in [0.15, 0.2) is 0 Å².